The van der Waals surface area contributed by atoms with Crippen LogP contribution in [0.5, 0.6) is 5.75 Å². The van der Waals surface area contributed by atoms with Crippen LogP contribution >= 0.6 is 0 Å². The molecule has 3 aromatic rings. The van der Waals surface area contributed by atoms with Gasteiger partial charge in [0.2, 0.25) is 5.91 Å². The molecule has 7 nitrogen and oxygen atoms in total. The Balaban J connectivity index is 1.38. The van der Waals surface area contributed by atoms with Gasteiger partial charge in [-0.25, -0.2) is 13.9 Å². The molecule has 8 heteroatoms. The average molecular weight is 410 g/mol. The minimum Gasteiger partial charge on any atom is -0.489 e. The number of benzene rings is 2. The van der Waals surface area contributed by atoms with E-state index in [1.54, 1.807) is 34.9 Å². The number of carbonyl (C=O) groups excluding carboxylic acids is 1. The van der Waals surface area contributed by atoms with Crippen molar-refractivity contribution in [3.63, 3.8) is 0 Å². The smallest absolute Gasteiger partial charge is 0.346 e. The molecule has 2 heterocycles. The highest BCUT2D eigenvalue weighted by molar-refractivity contribution is 5.90. The highest BCUT2D eigenvalue weighted by atomic mass is 19.1. The summed E-state index contributed by atoms with van der Waals surface area (Å²) in [6, 6.07) is 13.1. The monoisotopic (exact) mass is 410 g/mol. The van der Waals surface area contributed by atoms with Crippen LogP contribution < -0.4 is 15.7 Å². The summed E-state index contributed by atoms with van der Waals surface area (Å²) in [5, 5.41) is 7.13. The number of ether oxygens (including phenoxy) is 1. The van der Waals surface area contributed by atoms with Crippen LogP contribution in [-0.2, 0) is 30.9 Å². The highest BCUT2D eigenvalue weighted by Gasteiger charge is 2.17. The molecule has 156 valence electrons. The van der Waals surface area contributed by atoms with Gasteiger partial charge in [-0.15, -0.1) is 0 Å². The van der Waals surface area contributed by atoms with Gasteiger partial charge in [-0.3, -0.25) is 9.36 Å². The van der Waals surface area contributed by atoms with E-state index in [2.05, 4.69) is 10.4 Å². The third-order valence-corrected chi connectivity index (χ3v) is 4.99. The zero-order valence-corrected chi connectivity index (χ0v) is 16.5. The van der Waals surface area contributed by atoms with Gasteiger partial charge in [0.1, 0.15) is 30.5 Å². The molecular weight excluding hydrogens is 387 g/mol. The van der Waals surface area contributed by atoms with Crippen molar-refractivity contribution >= 4 is 11.6 Å². The molecule has 0 aliphatic carbocycles. The zero-order chi connectivity index (χ0) is 20.9. The molecule has 1 amide bonds. The van der Waals surface area contributed by atoms with Gasteiger partial charge in [0.05, 0.1) is 0 Å². The van der Waals surface area contributed by atoms with Gasteiger partial charge in [-0.2, -0.15) is 5.10 Å². The molecule has 0 fully saturated rings. The van der Waals surface area contributed by atoms with E-state index in [-0.39, 0.29) is 30.6 Å². The Bertz CT molecular complexity index is 1110. The third-order valence-electron chi connectivity index (χ3n) is 4.99. The number of nitrogens with one attached hydrogen (secondary N) is 1. The zero-order valence-electron chi connectivity index (χ0n) is 16.5. The summed E-state index contributed by atoms with van der Waals surface area (Å²) in [5.41, 5.74) is 1.18. The standard InChI is InChI=1S/C22H23FN4O3/c23-17-7-5-9-19(13-17)30-15-16-6-4-8-18(12-16)24-21(28)14-27-22(29)26-11-3-1-2-10-20(26)25-27/h4-9,12-13H,1-3,10-11,14-15H2,(H,24,28). The minimum absolute atomic E-state index is 0.136. The fourth-order valence-corrected chi connectivity index (χ4v) is 3.53. The summed E-state index contributed by atoms with van der Waals surface area (Å²) >= 11 is 0. The number of carbonyl (C=O) groups is 1. The lowest BCUT2D eigenvalue weighted by Crippen LogP contribution is -2.30. The first-order valence-corrected chi connectivity index (χ1v) is 10.0. The van der Waals surface area contributed by atoms with Crippen molar-refractivity contribution < 1.29 is 13.9 Å². The first-order chi connectivity index (χ1) is 14.6. The van der Waals surface area contributed by atoms with Crippen molar-refractivity contribution in [2.24, 2.45) is 0 Å². The highest BCUT2D eigenvalue weighted by Crippen LogP contribution is 2.16. The quantitative estimate of drug-likeness (QED) is 0.677. The van der Waals surface area contributed by atoms with Crippen molar-refractivity contribution in [2.75, 3.05) is 5.32 Å². The predicted molar refractivity (Wildman–Crippen MR) is 110 cm³/mol. The Morgan fingerprint density at radius 2 is 2.00 bits per heavy atom. The van der Waals surface area contributed by atoms with Crippen LogP contribution in [0, 0.1) is 5.82 Å². The molecule has 0 radical (unpaired) electrons. The minimum atomic E-state index is -0.361. The van der Waals surface area contributed by atoms with Crippen LogP contribution in [0.15, 0.2) is 53.3 Å². The lowest BCUT2D eigenvalue weighted by Gasteiger charge is -2.09. The number of fused-ring (bicyclic) bond motifs is 1. The summed E-state index contributed by atoms with van der Waals surface area (Å²) in [7, 11) is 0. The largest absolute Gasteiger partial charge is 0.489 e. The van der Waals surface area contributed by atoms with E-state index in [4.69, 9.17) is 4.74 Å². The van der Waals surface area contributed by atoms with Crippen LogP contribution in [0.3, 0.4) is 0 Å². The Labute approximate surface area is 173 Å². The van der Waals surface area contributed by atoms with E-state index in [1.165, 1.54) is 16.8 Å². The Morgan fingerprint density at radius 3 is 2.87 bits per heavy atom. The van der Waals surface area contributed by atoms with Gasteiger partial charge in [-0.1, -0.05) is 24.6 Å². The number of rotatable bonds is 6. The van der Waals surface area contributed by atoms with Crippen LogP contribution in [-0.4, -0.2) is 20.3 Å². The van der Waals surface area contributed by atoms with Crippen molar-refractivity contribution in [1.29, 1.82) is 0 Å². The summed E-state index contributed by atoms with van der Waals surface area (Å²) in [5.74, 6) is 0.499. The van der Waals surface area contributed by atoms with Gasteiger partial charge in [0.15, 0.2) is 0 Å². The number of anilines is 1. The molecule has 2 aromatic carbocycles. The molecule has 0 atom stereocenters. The molecule has 0 saturated heterocycles. The summed E-state index contributed by atoms with van der Waals surface area (Å²) in [6.45, 7) is 0.756. The first kappa shape index (κ1) is 19.9. The average Bonchev–Trinajstić information content (AvgIpc) is 2.89. The van der Waals surface area contributed by atoms with Crippen LogP contribution in [0.25, 0.3) is 0 Å². The van der Waals surface area contributed by atoms with Crippen molar-refractivity contribution in [3.05, 3.63) is 76.2 Å². The van der Waals surface area contributed by atoms with Crippen molar-refractivity contribution in [1.82, 2.24) is 14.3 Å². The number of hydrogen-bond acceptors (Lipinski definition) is 4. The third kappa shape index (κ3) is 4.76. The van der Waals surface area contributed by atoms with Crippen molar-refractivity contribution in [3.8, 4) is 5.75 Å². The van der Waals surface area contributed by atoms with Crippen LogP contribution in [0.4, 0.5) is 10.1 Å². The van der Waals surface area contributed by atoms with Crippen molar-refractivity contribution in [2.45, 2.75) is 45.4 Å². The fourth-order valence-electron chi connectivity index (χ4n) is 3.53. The first-order valence-electron chi connectivity index (χ1n) is 10.0. The van der Waals surface area contributed by atoms with E-state index in [0.29, 0.717) is 18.0 Å². The molecule has 4 rings (SSSR count). The summed E-state index contributed by atoms with van der Waals surface area (Å²) in [6.07, 6.45) is 3.81. The Kier molecular flexibility index (Phi) is 5.92. The lowest BCUT2D eigenvalue weighted by molar-refractivity contribution is -0.117. The molecule has 0 spiro atoms. The van der Waals surface area contributed by atoms with Gasteiger partial charge in [-0.05, 0) is 42.7 Å². The molecular formula is C22H23FN4O3. The second-order valence-electron chi connectivity index (χ2n) is 7.31. The number of nitrogens with zero attached hydrogens (tertiary/aromatic N) is 3. The topological polar surface area (TPSA) is 78.2 Å². The number of amides is 1. The number of aromatic nitrogens is 3. The molecule has 1 aliphatic rings. The normalized spacial score (nSPS) is 13.4. The predicted octanol–water partition coefficient (Wildman–Crippen LogP) is 3.13. The number of halogens is 1. The van der Waals surface area contributed by atoms with Gasteiger partial charge in [0.25, 0.3) is 0 Å². The second kappa shape index (κ2) is 8.94. The molecule has 1 aromatic heterocycles. The summed E-state index contributed by atoms with van der Waals surface area (Å²) in [4.78, 5) is 24.9. The number of hydrogen-bond donors (Lipinski definition) is 1. The Hall–Kier alpha value is -3.42. The molecule has 1 N–H and O–H groups in total. The van der Waals surface area contributed by atoms with E-state index < -0.39 is 0 Å². The molecule has 30 heavy (non-hydrogen) atoms. The van der Waals surface area contributed by atoms with E-state index in [0.717, 1.165) is 37.1 Å². The second-order valence-corrected chi connectivity index (χ2v) is 7.31. The van der Waals surface area contributed by atoms with E-state index >= 15 is 0 Å². The molecule has 1 aliphatic heterocycles. The van der Waals surface area contributed by atoms with Gasteiger partial charge < -0.3 is 10.1 Å². The SMILES string of the molecule is O=C(Cn1nc2n(c1=O)CCCCC2)Nc1cccc(COc2cccc(F)c2)c1. The van der Waals surface area contributed by atoms with Crippen LogP contribution in [0.2, 0.25) is 0 Å². The van der Waals surface area contributed by atoms with E-state index in [1.807, 2.05) is 6.07 Å². The van der Waals surface area contributed by atoms with Crippen LogP contribution in [0.1, 0.15) is 30.7 Å². The Morgan fingerprint density at radius 1 is 1.13 bits per heavy atom. The summed E-state index contributed by atoms with van der Waals surface area (Å²) < 4.78 is 21.7. The van der Waals surface area contributed by atoms with Gasteiger partial charge >= 0.3 is 5.69 Å². The maximum Gasteiger partial charge on any atom is 0.346 e. The lowest BCUT2D eigenvalue weighted by atomic mass is 10.2. The maximum atomic E-state index is 13.2. The maximum absolute atomic E-state index is 13.2. The van der Waals surface area contributed by atoms with Gasteiger partial charge in [0, 0.05) is 24.7 Å². The van der Waals surface area contributed by atoms with E-state index in [9.17, 15) is 14.0 Å². The molecule has 0 bridgehead atoms. The fraction of sp³-hybridized carbons (Fsp3) is 0.318. The molecule has 0 unspecified atom stereocenters. The number of aryl methyl sites for hydroxylation is 1. The molecule has 0 saturated carbocycles.